The van der Waals surface area contributed by atoms with Crippen molar-refractivity contribution in [3.05, 3.63) is 152 Å². The first-order valence-electron chi connectivity index (χ1n) is 14.7. The van der Waals surface area contributed by atoms with Crippen LogP contribution in [0.1, 0.15) is 0 Å². The van der Waals surface area contributed by atoms with Gasteiger partial charge in [-0.05, 0) is 48.0 Å². The number of nitrogens with zero attached hydrogens (tertiary/aromatic N) is 3. The molecular formula is C40H25N3O. The summed E-state index contributed by atoms with van der Waals surface area (Å²) in [4.78, 5) is 10.1. The normalized spacial score (nSPS) is 11.6. The fraction of sp³-hybridized carbons (Fsp3) is 0. The molecule has 0 unspecified atom stereocenters. The molecule has 4 heterocycles. The van der Waals surface area contributed by atoms with Crippen LogP contribution in [0, 0.1) is 0 Å². The van der Waals surface area contributed by atoms with E-state index >= 15 is 0 Å². The summed E-state index contributed by atoms with van der Waals surface area (Å²) in [6.45, 7) is 0. The molecule has 206 valence electrons. The second kappa shape index (κ2) is 9.79. The zero-order valence-electron chi connectivity index (χ0n) is 23.7. The van der Waals surface area contributed by atoms with Gasteiger partial charge in [-0.1, -0.05) is 103 Å². The average molecular weight is 564 g/mol. The van der Waals surface area contributed by atoms with Gasteiger partial charge >= 0.3 is 0 Å². The third-order valence-electron chi connectivity index (χ3n) is 8.45. The highest BCUT2D eigenvalue weighted by Crippen LogP contribution is 2.40. The van der Waals surface area contributed by atoms with Crippen LogP contribution in [0.4, 0.5) is 0 Å². The van der Waals surface area contributed by atoms with Gasteiger partial charge in [0, 0.05) is 44.4 Å². The first-order chi connectivity index (χ1) is 21.8. The van der Waals surface area contributed by atoms with E-state index < -0.39 is 0 Å². The molecule has 0 saturated carbocycles. The van der Waals surface area contributed by atoms with E-state index in [-0.39, 0.29) is 0 Å². The predicted molar refractivity (Wildman–Crippen MR) is 180 cm³/mol. The molecule has 0 amide bonds. The van der Waals surface area contributed by atoms with E-state index in [2.05, 4.69) is 102 Å². The van der Waals surface area contributed by atoms with Crippen LogP contribution in [0.3, 0.4) is 0 Å². The molecule has 0 atom stereocenters. The van der Waals surface area contributed by atoms with E-state index in [4.69, 9.17) is 14.4 Å². The minimum absolute atomic E-state index is 0.841. The summed E-state index contributed by atoms with van der Waals surface area (Å²) in [6, 6.07) is 50.3. The number of aromatic nitrogens is 3. The van der Waals surface area contributed by atoms with Crippen molar-refractivity contribution in [1.82, 2.24) is 14.5 Å². The number of fused-ring (bicyclic) bond motifs is 7. The summed E-state index contributed by atoms with van der Waals surface area (Å²) < 4.78 is 8.74. The average Bonchev–Trinajstić information content (AvgIpc) is 3.65. The molecule has 0 aliphatic heterocycles. The molecule has 9 rings (SSSR count). The van der Waals surface area contributed by atoms with Gasteiger partial charge in [-0.2, -0.15) is 0 Å². The lowest BCUT2D eigenvalue weighted by molar-refractivity contribution is 0.671. The van der Waals surface area contributed by atoms with Gasteiger partial charge in [0.05, 0.1) is 22.4 Å². The molecule has 4 heteroatoms. The Morgan fingerprint density at radius 2 is 1.11 bits per heavy atom. The van der Waals surface area contributed by atoms with Crippen LogP contribution in [0.15, 0.2) is 156 Å². The van der Waals surface area contributed by atoms with Crippen LogP contribution in [0.25, 0.3) is 83.2 Å². The van der Waals surface area contributed by atoms with E-state index in [0.717, 1.165) is 77.8 Å². The van der Waals surface area contributed by atoms with E-state index in [1.807, 2.05) is 54.7 Å². The van der Waals surface area contributed by atoms with Crippen LogP contribution >= 0.6 is 0 Å². The summed E-state index contributed by atoms with van der Waals surface area (Å²) in [5, 5.41) is 4.54. The number of furan rings is 1. The van der Waals surface area contributed by atoms with E-state index in [9.17, 15) is 0 Å². The monoisotopic (exact) mass is 563 g/mol. The predicted octanol–water partition coefficient (Wildman–Crippen LogP) is 10.5. The minimum atomic E-state index is 0.841. The lowest BCUT2D eigenvalue weighted by Gasteiger charge is -2.11. The maximum absolute atomic E-state index is 6.51. The van der Waals surface area contributed by atoms with Crippen molar-refractivity contribution in [2.75, 3.05) is 0 Å². The number of benzene rings is 5. The fourth-order valence-corrected chi connectivity index (χ4v) is 6.37. The summed E-state index contributed by atoms with van der Waals surface area (Å²) in [7, 11) is 0. The highest BCUT2D eigenvalue weighted by atomic mass is 16.3. The lowest BCUT2D eigenvalue weighted by atomic mass is 10.0. The summed E-state index contributed by atoms with van der Waals surface area (Å²) >= 11 is 0. The number of pyridine rings is 2. The largest absolute Gasteiger partial charge is 0.454 e. The van der Waals surface area contributed by atoms with Crippen molar-refractivity contribution in [3.8, 4) is 39.5 Å². The van der Waals surface area contributed by atoms with Gasteiger partial charge in [-0.25, -0.2) is 9.97 Å². The Morgan fingerprint density at radius 3 is 1.82 bits per heavy atom. The van der Waals surface area contributed by atoms with Gasteiger partial charge in [-0.15, -0.1) is 0 Å². The Balaban J connectivity index is 1.24. The van der Waals surface area contributed by atoms with Gasteiger partial charge in [0.1, 0.15) is 11.4 Å². The van der Waals surface area contributed by atoms with Crippen molar-refractivity contribution in [2.45, 2.75) is 0 Å². The second-order valence-corrected chi connectivity index (χ2v) is 11.1. The van der Waals surface area contributed by atoms with Crippen molar-refractivity contribution >= 4 is 43.7 Å². The van der Waals surface area contributed by atoms with Crippen LogP contribution in [-0.4, -0.2) is 14.5 Å². The van der Waals surface area contributed by atoms with E-state index in [1.165, 1.54) is 5.39 Å². The minimum Gasteiger partial charge on any atom is -0.454 e. The molecular weight excluding hydrogens is 538 g/mol. The summed E-state index contributed by atoms with van der Waals surface area (Å²) in [5.41, 5.74) is 10.0. The molecule has 4 aromatic heterocycles. The molecule has 0 spiro atoms. The van der Waals surface area contributed by atoms with Crippen LogP contribution < -0.4 is 0 Å². The quantitative estimate of drug-likeness (QED) is 0.214. The molecule has 0 saturated heterocycles. The Morgan fingerprint density at radius 1 is 0.477 bits per heavy atom. The van der Waals surface area contributed by atoms with Gasteiger partial charge in [0.15, 0.2) is 5.58 Å². The number of hydrogen-bond acceptors (Lipinski definition) is 3. The Bertz CT molecular complexity index is 2420. The highest BCUT2D eigenvalue weighted by molar-refractivity contribution is 6.21. The molecule has 0 fully saturated rings. The molecule has 5 aromatic carbocycles. The van der Waals surface area contributed by atoms with Crippen LogP contribution in [0.2, 0.25) is 0 Å². The zero-order chi connectivity index (χ0) is 29.0. The zero-order valence-corrected chi connectivity index (χ0v) is 23.7. The number of hydrogen-bond donors (Lipinski definition) is 0. The van der Waals surface area contributed by atoms with E-state index in [1.54, 1.807) is 0 Å². The fourth-order valence-electron chi connectivity index (χ4n) is 6.37. The van der Waals surface area contributed by atoms with Gasteiger partial charge in [0.25, 0.3) is 0 Å². The smallest absolute Gasteiger partial charge is 0.160 e. The van der Waals surface area contributed by atoms with E-state index in [0.29, 0.717) is 0 Å². The first-order valence-corrected chi connectivity index (χ1v) is 14.7. The first kappa shape index (κ1) is 24.6. The van der Waals surface area contributed by atoms with Gasteiger partial charge in [0.2, 0.25) is 0 Å². The van der Waals surface area contributed by atoms with Gasteiger partial charge in [-0.3, -0.25) is 4.57 Å². The third-order valence-corrected chi connectivity index (χ3v) is 8.45. The number of para-hydroxylation sites is 2. The Labute approximate surface area is 253 Å². The lowest BCUT2D eigenvalue weighted by Crippen LogP contribution is -1.98. The molecule has 44 heavy (non-hydrogen) atoms. The Kier molecular flexibility index (Phi) is 5.47. The van der Waals surface area contributed by atoms with Crippen LogP contribution in [-0.2, 0) is 0 Å². The molecule has 4 nitrogen and oxygen atoms in total. The SMILES string of the molecule is c1ccc(-c2cc(-c3ccc(-n4c5ccccc5c5ccc6c7ccccc7oc6c54)nc3)cc(-c3ccccc3)n2)cc1. The maximum atomic E-state index is 6.51. The van der Waals surface area contributed by atoms with Crippen molar-refractivity contribution in [3.63, 3.8) is 0 Å². The maximum Gasteiger partial charge on any atom is 0.160 e. The van der Waals surface area contributed by atoms with Crippen LogP contribution in [0.5, 0.6) is 0 Å². The molecule has 0 N–H and O–H groups in total. The molecule has 0 radical (unpaired) electrons. The van der Waals surface area contributed by atoms with Gasteiger partial charge < -0.3 is 4.42 Å². The summed E-state index contributed by atoms with van der Waals surface area (Å²) in [5.74, 6) is 0.841. The van der Waals surface area contributed by atoms with Crippen molar-refractivity contribution in [1.29, 1.82) is 0 Å². The standard InChI is InChI=1S/C40H25N3O/c1-3-11-26(12-4-1)34-23-29(24-35(42-34)27-13-5-2-6-14-27)28-19-22-38(41-25-28)43-36-17-9-7-15-30(36)32-20-21-33-31-16-8-10-18-37(31)44-40(33)39(32)43/h1-25H. The van der Waals surface area contributed by atoms with Crippen molar-refractivity contribution in [2.24, 2.45) is 0 Å². The van der Waals surface area contributed by atoms with Crippen molar-refractivity contribution < 1.29 is 4.42 Å². The topological polar surface area (TPSA) is 43.9 Å². The molecule has 9 aromatic rings. The molecule has 0 aliphatic rings. The molecule has 0 bridgehead atoms. The Hall–Kier alpha value is -6.00. The highest BCUT2D eigenvalue weighted by Gasteiger charge is 2.19. The second-order valence-electron chi connectivity index (χ2n) is 11.1. The number of rotatable bonds is 4. The summed E-state index contributed by atoms with van der Waals surface area (Å²) in [6.07, 6.45) is 1.97. The molecule has 0 aliphatic carbocycles. The third kappa shape index (κ3) is 3.85.